The van der Waals surface area contributed by atoms with Gasteiger partial charge in [0.1, 0.15) is 5.75 Å². The van der Waals surface area contributed by atoms with Gasteiger partial charge in [0.25, 0.3) is 0 Å². The van der Waals surface area contributed by atoms with E-state index < -0.39 is 0 Å². The second-order valence-electron chi connectivity index (χ2n) is 5.72. The molecule has 1 N–H and O–H groups in total. The number of hydrogen-bond donors (Lipinski definition) is 1. The molecule has 134 valence electrons. The van der Waals surface area contributed by atoms with Crippen LogP contribution >= 0.6 is 23.1 Å². The molecule has 0 bridgehead atoms. The quantitative estimate of drug-likeness (QED) is 0.513. The number of thioether (sulfide) groups is 1. The lowest BCUT2D eigenvalue weighted by Gasteiger charge is -2.11. The zero-order chi connectivity index (χ0) is 18.2. The molecule has 0 unspecified atom stereocenters. The molecule has 0 saturated heterocycles. The van der Waals surface area contributed by atoms with Crippen molar-refractivity contribution in [2.45, 2.75) is 24.0 Å². The standard InChI is InChI=1S/C21H21NO2S2/c1-2-24-18-9-7-16(8-10-18)13-21(23)22-19-5-3-4-6-20(19)26-15-17-11-12-25-14-17/h3-12,14H,2,13,15H2,1H3,(H,22,23). The molecule has 0 fully saturated rings. The van der Waals surface area contributed by atoms with E-state index in [1.807, 2.05) is 55.5 Å². The molecule has 3 nitrogen and oxygen atoms in total. The maximum Gasteiger partial charge on any atom is 0.228 e. The highest BCUT2D eigenvalue weighted by molar-refractivity contribution is 7.98. The molecule has 3 rings (SSSR count). The van der Waals surface area contributed by atoms with Crippen molar-refractivity contribution in [3.8, 4) is 5.75 Å². The molecular formula is C21H21NO2S2. The largest absolute Gasteiger partial charge is 0.494 e. The van der Waals surface area contributed by atoms with Crippen molar-refractivity contribution in [2.75, 3.05) is 11.9 Å². The fourth-order valence-corrected chi connectivity index (χ4v) is 4.21. The molecule has 0 saturated carbocycles. The first kappa shape index (κ1) is 18.5. The molecule has 1 amide bonds. The lowest BCUT2D eigenvalue weighted by Crippen LogP contribution is -2.14. The van der Waals surface area contributed by atoms with Gasteiger partial charge in [-0.2, -0.15) is 11.3 Å². The van der Waals surface area contributed by atoms with Gasteiger partial charge >= 0.3 is 0 Å². The third-order valence-electron chi connectivity index (χ3n) is 3.73. The van der Waals surface area contributed by atoms with Crippen LogP contribution in [0.15, 0.2) is 70.3 Å². The molecule has 1 aromatic heterocycles. The molecule has 0 aliphatic heterocycles. The Balaban J connectivity index is 1.60. The number of thiophene rings is 1. The molecule has 0 aliphatic rings. The van der Waals surface area contributed by atoms with Crippen LogP contribution in [-0.2, 0) is 17.0 Å². The van der Waals surface area contributed by atoms with Crippen LogP contribution in [0.3, 0.4) is 0 Å². The Hall–Kier alpha value is -2.24. The highest BCUT2D eigenvalue weighted by atomic mass is 32.2. The normalized spacial score (nSPS) is 10.5. The summed E-state index contributed by atoms with van der Waals surface area (Å²) >= 11 is 3.44. The van der Waals surface area contributed by atoms with Crippen LogP contribution in [0, 0.1) is 0 Å². The van der Waals surface area contributed by atoms with E-state index >= 15 is 0 Å². The number of ether oxygens (including phenoxy) is 1. The number of anilines is 1. The van der Waals surface area contributed by atoms with Crippen molar-refractivity contribution in [2.24, 2.45) is 0 Å². The minimum atomic E-state index is -0.0160. The van der Waals surface area contributed by atoms with Crippen molar-refractivity contribution in [1.82, 2.24) is 0 Å². The molecular weight excluding hydrogens is 362 g/mol. The maximum atomic E-state index is 12.4. The van der Waals surface area contributed by atoms with E-state index in [1.54, 1.807) is 23.1 Å². The maximum absolute atomic E-state index is 12.4. The molecule has 0 aliphatic carbocycles. The minimum absolute atomic E-state index is 0.0160. The summed E-state index contributed by atoms with van der Waals surface area (Å²) in [5, 5.41) is 7.28. The van der Waals surface area contributed by atoms with Gasteiger partial charge in [0.05, 0.1) is 18.7 Å². The van der Waals surface area contributed by atoms with Gasteiger partial charge in [-0.05, 0) is 59.1 Å². The van der Waals surface area contributed by atoms with E-state index in [9.17, 15) is 4.79 Å². The first-order chi connectivity index (χ1) is 12.7. The van der Waals surface area contributed by atoms with E-state index in [0.29, 0.717) is 13.0 Å². The summed E-state index contributed by atoms with van der Waals surface area (Å²) in [5.41, 5.74) is 3.13. The van der Waals surface area contributed by atoms with Crippen LogP contribution in [0.2, 0.25) is 0 Å². The number of rotatable bonds is 8. The van der Waals surface area contributed by atoms with Crippen LogP contribution in [0.4, 0.5) is 5.69 Å². The fraction of sp³-hybridized carbons (Fsp3) is 0.190. The molecule has 3 aromatic rings. The molecule has 26 heavy (non-hydrogen) atoms. The molecule has 1 heterocycles. The van der Waals surface area contributed by atoms with Crippen LogP contribution < -0.4 is 10.1 Å². The van der Waals surface area contributed by atoms with Gasteiger partial charge in [0, 0.05) is 10.6 Å². The van der Waals surface area contributed by atoms with Crippen LogP contribution in [0.1, 0.15) is 18.1 Å². The average molecular weight is 384 g/mol. The van der Waals surface area contributed by atoms with Crippen LogP contribution in [0.25, 0.3) is 0 Å². The topological polar surface area (TPSA) is 38.3 Å². The van der Waals surface area contributed by atoms with Gasteiger partial charge in [-0.3, -0.25) is 4.79 Å². The summed E-state index contributed by atoms with van der Waals surface area (Å²) in [5.74, 6) is 1.71. The third kappa shape index (κ3) is 5.38. The SMILES string of the molecule is CCOc1ccc(CC(=O)Nc2ccccc2SCc2ccsc2)cc1. The number of carbonyl (C=O) groups excluding carboxylic acids is 1. The third-order valence-corrected chi connectivity index (χ3v) is 5.61. The Kier molecular flexibility index (Phi) is 6.75. The number of benzene rings is 2. The molecule has 5 heteroatoms. The second-order valence-corrected chi connectivity index (χ2v) is 7.52. The van der Waals surface area contributed by atoms with Gasteiger partial charge < -0.3 is 10.1 Å². The van der Waals surface area contributed by atoms with Crippen LogP contribution in [0.5, 0.6) is 5.75 Å². The Morgan fingerprint density at radius 2 is 1.88 bits per heavy atom. The van der Waals surface area contributed by atoms with Crippen molar-refractivity contribution in [3.63, 3.8) is 0 Å². The highest BCUT2D eigenvalue weighted by Crippen LogP contribution is 2.30. The van der Waals surface area contributed by atoms with E-state index in [0.717, 1.165) is 27.6 Å². The molecule has 0 spiro atoms. The monoisotopic (exact) mass is 383 g/mol. The van der Waals surface area contributed by atoms with E-state index in [-0.39, 0.29) is 5.91 Å². The van der Waals surface area contributed by atoms with Crippen molar-refractivity contribution in [3.05, 3.63) is 76.5 Å². The van der Waals surface area contributed by atoms with Crippen molar-refractivity contribution < 1.29 is 9.53 Å². The van der Waals surface area contributed by atoms with Crippen molar-refractivity contribution >= 4 is 34.7 Å². The summed E-state index contributed by atoms with van der Waals surface area (Å²) in [6.45, 7) is 2.59. The van der Waals surface area contributed by atoms with E-state index in [1.165, 1.54) is 5.56 Å². The predicted molar refractivity (Wildman–Crippen MR) is 110 cm³/mol. The minimum Gasteiger partial charge on any atom is -0.494 e. The highest BCUT2D eigenvalue weighted by Gasteiger charge is 2.09. The number of nitrogens with one attached hydrogen (secondary N) is 1. The lowest BCUT2D eigenvalue weighted by atomic mass is 10.1. The molecule has 0 atom stereocenters. The summed E-state index contributed by atoms with van der Waals surface area (Å²) in [4.78, 5) is 13.5. The summed E-state index contributed by atoms with van der Waals surface area (Å²) in [6, 6.07) is 17.7. The van der Waals surface area contributed by atoms with Gasteiger partial charge in [-0.1, -0.05) is 24.3 Å². The first-order valence-electron chi connectivity index (χ1n) is 8.49. The van der Waals surface area contributed by atoms with Crippen LogP contribution in [-0.4, -0.2) is 12.5 Å². The van der Waals surface area contributed by atoms with Gasteiger partial charge in [0.2, 0.25) is 5.91 Å². The zero-order valence-electron chi connectivity index (χ0n) is 14.6. The van der Waals surface area contributed by atoms with E-state index in [4.69, 9.17) is 4.74 Å². The smallest absolute Gasteiger partial charge is 0.228 e. The van der Waals surface area contributed by atoms with Gasteiger partial charge in [0.15, 0.2) is 0 Å². The summed E-state index contributed by atoms with van der Waals surface area (Å²) in [6.07, 6.45) is 0.343. The Bertz CT molecular complexity index is 829. The fourth-order valence-electron chi connectivity index (χ4n) is 2.48. The Morgan fingerprint density at radius 3 is 2.62 bits per heavy atom. The number of para-hydroxylation sites is 1. The average Bonchev–Trinajstić information content (AvgIpc) is 3.16. The summed E-state index contributed by atoms with van der Waals surface area (Å²) in [7, 11) is 0. The van der Waals surface area contributed by atoms with Gasteiger partial charge in [-0.25, -0.2) is 0 Å². The summed E-state index contributed by atoms with van der Waals surface area (Å²) < 4.78 is 5.43. The predicted octanol–water partition coefficient (Wildman–Crippen LogP) is 5.62. The second kappa shape index (κ2) is 9.46. The number of hydrogen-bond acceptors (Lipinski definition) is 4. The molecule has 2 aromatic carbocycles. The molecule has 0 radical (unpaired) electrons. The number of amides is 1. The zero-order valence-corrected chi connectivity index (χ0v) is 16.2. The lowest BCUT2D eigenvalue weighted by molar-refractivity contribution is -0.115. The Morgan fingerprint density at radius 1 is 1.08 bits per heavy atom. The van der Waals surface area contributed by atoms with E-state index in [2.05, 4.69) is 22.1 Å². The van der Waals surface area contributed by atoms with Gasteiger partial charge in [-0.15, -0.1) is 11.8 Å². The first-order valence-corrected chi connectivity index (χ1v) is 10.4. The Labute approximate surface area is 162 Å². The van der Waals surface area contributed by atoms with Crippen molar-refractivity contribution in [1.29, 1.82) is 0 Å². The number of carbonyl (C=O) groups is 1.